The molecule has 124 valence electrons. The maximum absolute atomic E-state index is 12.5. The summed E-state index contributed by atoms with van der Waals surface area (Å²) in [6.07, 6.45) is 3.51. The summed E-state index contributed by atoms with van der Waals surface area (Å²) in [5, 5.41) is 2.88. The Hall–Kier alpha value is -1.99. The second-order valence-electron chi connectivity index (χ2n) is 6.21. The van der Waals surface area contributed by atoms with Crippen LogP contribution < -0.4 is 5.32 Å². The van der Waals surface area contributed by atoms with Gasteiger partial charge in [0.15, 0.2) is 0 Å². The van der Waals surface area contributed by atoms with E-state index in [1.54, 1.807) is 12.4 Å². The van der Waals surface area contributed by atoms with Gasteiger partial charge in [-0.1, -0.05) is 0 Å². The van der Waals surface area contributed by atoms with Gasteiger partial charge in [0.25, 0.3) is 0 Å². The molecule has 1 N–H and O–H groups in total. The Morgan fingerprint density at radius 1 is 1.35 bits per heavy atom. The number of nitrogens with zero attached hydrogens (tertiary/aromatic N) is 4. The molecule has 3 heterocycles. The van der Waals surface area contributed by atoms with Gasteiger partial charge in [-0.2, -0.15) is 0 Å². The minimum absolute atomic E-state index is 0.0406. The molecule has 1 atom stereocenters. The lowest BCUT2D eigenvalue weighted by Crippen LogP contribution is -2.64. The molecule has 23 heavy (non-hydrogen) atoms. The molecule has 7 heteroatoms. The molecule has 1 aromatic heterocycles. The Labute approximate surface area is 136 Å². The molecule has 0 bridgehead atoms. The summed E-state index contributed by atoms with van der Waals surface area (Å²) in [7, 11) is 1.93. The van der Waals surface area contributed by atoms with Gasteiger partial charge in [0.1, 0.15) is 6.04 Å². The number of nitrogens with one attached hydrogen (secondary N) is 1. The standard InChI is InChI=1S/C16H23N5O2/c1-19(10-13-2-4-17-5-3-13)12-15(22)21-9-8-20-7-6-18-16(23)14(20)11-21/h2-5,14H,6-12H2,1H3,(H,18,23). The summed E-state index contributed by atoms with van der Waals surface area (Å²) >= 11 is 0. The fraction of sp³-hybridized carbons (Fsp3) is 0.562. The lowest BCUT2D eigenvalue weighted by molar-refractivity contribution is -0.140. The molecule has 0 saturated carbocycles. The van der Waals surface area contributed by atoms with Crippen LogP contribution in [0.5, 0.6) is 0 Å². The highest BCUT2D eigenvalue weighted by molar-refractivity contribution is 5.85. The number of likely N-dealkylation sites (N-methyl/N-ethyl adjacent to an activating group) is 1. The van der Waals surface area contributed by atoms with Crippen LogP contribution in [-0.2, 0) is 16.1 Å². The first-order valence-corrected chi connectivity index (χ1v) is 8.00. The number of pyridine rings is 1. The quantitative estimate of drug-likeness (QED) is 0.784. The number of carbonyl (C=O) groups excluding carboxylic acids is 2. The van der Waals surface area contributed by atoms with Gasteiger partial charge >= 0.3 is 0 Å². The van der Waals surface area contributed by atoms with Crippen molar-refractivity contribution in [1.82, 2.24) is 25.0 Å². The van der Waals surface area contributed by atoms with Crippen LogP contribution >= 0.6 is 0 Å². The molecule has 1 aromatic rings. The van der Waals surface area contributed by atoms with E-state index in [4.69, 9.17) is 0 Å². The molecule has 0 radical (unpaired) electrons. The third-order valence-corrected chi connectivity index (χ3v) is 4.45. The van der Waals surface area contributed by atoms with Crippen LogP contribution in [0.15, 0.2) is 24.5 Å². The number of fused-ring (bicyclic) bond motifs is 1. The van der Waals surface area contributed by atoms with E-state index in [1.165, 1.54) is 0 Å². The first-order valence-electron chi connectivity index (χ1n) is 8.00. The van der Waals surface area contributed by atoms with E-state index in [0.717, 1.165) is 18.7 Å². The Bertz CT molecular complexity index is 565. The van der Waals surface area contributed by atoms with Crippen molar-refractivity contribution in [2.75, 3.05) is 46.3 Å². The minimum atomic E-state index is -0.188. The fourth-order valence-electron chi connectivity index (χ4n) is 3.19. The second-order valence-corrected chi connectivity index (χ2v) is 6.21. The van der Waals surface area contributed by atoms with E-state index in [0.29, 0.717) is 32.7 Å². The highest BCUT2D eigenvalue weighted by Gasteiger charge is 2.36. The first kappa shape index (κ1) is 15.9. The highest BCUT2D eigenvalue weighted by Crippen LogP contribution is 2.13. The van der Waals surface area contributed by atoms with Crippen LogP contribution in [0.3, 0.4) is 0 Å². The number of amides is 2. The van der Waals surface area contributed by atoms with Gasteiger partial charge in [0.05, 0.1) is 6.54 Å². The highest BCUT2D eigenvalue weighted by atomic mass is 16.2. The minimum Gasteiger partial charge on any atom is -0.353 e. The fourth-order valence-corrected chi connectivity index (χ4v) is 3.19. The van der Waals surface area contributed by atoms with E-state index < -0.39 is 0 Å². The van der Waals surface area contributed by atoms with Crippen molar-refractivity contribution in [2.45, 2.75) is 12.6 Å². The molecule has 0 aromatic carbocycles. The molecule has 3 rings (SSSR count). The normalized spacial score (nSPS) is 21.9. The van der Waals surface area contributed by atoms with Gasteiger partial charge in [0, 0.05) is 51.7 Å². The molecular weight excluding hydrogens is 294 g/mol. The van der Waals surface area contributed by atoms with E-state index >= 15 is 0 Å². The van der Waals surface area contributed by atoms with Crippen LogP contribution in [0.1, 0.15) is 5.56 Å². The molecule has 7 nitrogen and oxygen atoms in total. The molecule has 1 unspecified atom stereocenters. The second kappa shape index (κ2) is 7.06. The van der Waals surface area contributed by atoms with E-state index in [-0.39, 0.29) is 17.9 Å². The van der Waals surface area contributed by atoms with E-state index in [1.807, 2.05) is 29.0 Å². The predicted octanol–water partition coefficient (Wildman–Crippen LogP) is -0.844. The zero-order valence-corrected chi connectivity index (χ0v) is 13.4. The zero-order valence-electron chi connectivity index (χ0n) is 13.4. The molecule has 0 aliphatic carbocycles. The lowest BCUT2D eigenvalue weighted by atomic mass is 10.1. The van der Waals surface area contributed by atoms with Crippen molar-refractivity contribution in [2.24, 2.45) is 0 Å². The smallest absolute Gasteiger partial charge is 0.239 e. The third kappa shape index (κ3) is 3.86. The third-order valence-electron chi connectivity index (χ3n) is 4.45. The average molecular weight is 317 g/mol. The first-order chi connectivity index (χ1) is 11.1. The number of hydrogen-bond donors (Lipinski definition) is 1. The number of aromatic nitrogens is 1. The number of piperazine rings is 2. The van der Waals surface area contributed by atoms with Crippen molar-refractivity contribution in [3.05, 3.63) is 30.1 Å². The molecule has 2 fully saturated rings. The monoisotopic (exact) mass is 317 g/mol. The van der Waals surface area contributed by atoms with Crippen molar-refractivity contribution in [3.63, 3.8) is 0 Å². The van der Waals surface area contributed by atoms with Crippen LogP contribution in [0.4, 0.5) is 0 Å². The Morgan fingerprint density at radius 2 is 2.13 bits per heavy atom. The van der Waals surface area contributed by atoms with Crippen LogP contribution in [0.2, 0.25) is 0 Å². The van der Waals surface area contributed by atoms with Crippen molar-refractivity contribution in [3.8, 4) is 0 Å². The Balaban J connectivity index is 1.53. The van der Waals surface area contributed by atoms with Gasteiger partial charge in [-0.25, -0.2) is 0 Å². The molecule has 0 spiro atoms. The van der Waals surface area contributed by atoms with Crippen LogP contribution in [0.25, 0.3) is 0 Å². The summed E-state index contributed by atoms with van der Waals surface area (Å²) in [5.41, 5.74) is 1.13. The number of carbonyl (C=O) groups is 2. The van der Waals surface area contributed by atoms with Gasteiger partial charge < -0.3 is 10.2 Å². The molecule has 2 aliphatic heterocycles. The molecule has 2 aliphatic rings. The van der Waals surface area contributed by atoms with Gasteiger partial charge in [0.2, 0.25) is 11.8 Å². The van der Waals surface area contributed by atoms with Crippen LogP contribution in [-0.4, -0.2) is 83.9 Å². The van der Waals surface area contributed by atoms with Gasteiger partial charge in [-0.05, 0) is 24.7 Å². The van der Waals surface area contributed by atoms with Crippen molar-refractivity contribution < 1.29 is 9.59 Å². The summed E-state index contributed by atoms with van der Waals surface area (Å²) < 4.78 is 0. The average Bonchev–Trinajstić information content (AvgIpc) is 2.55. The maximum Gasteiger partial charge on any atom is 0.239 e. The summed E-state index contributed by atoms with van der Waals surface area (Å²) in [5.74, 6) is 0.124. The number of hydrogen-bond acceptors (Lipinski definition) is 5. The maximum atomic E-state index is 12.5. The summed E-state index contributed by atoms with van der Waals surface area (Å²) in [6, 6.07) is 3.71. The molecule has 2 saturated heterocycles. The Kier molecular flexibility index (Phi) is 4.88. The SMILES string of the molecule is CN(CC(=O)N1CCN2CCNC(=O)C2C1)Cc1ccncc1. The van der Waals surface area contributed by atoms with Gasteiger partial charge in [-0.15, -0.1) is 0 Å². The number of rotatable bonds is 4. The molecular formula is C16H23N5O2. The van der Waals surface area contributed by atoms with Crippen LogP contribution in [0, 0.1) is 0 Å². The topological polar surface area (TPSA) is 68.8 Å². The predicted molar refractivity (Wildman–Crippen MR) is 85.5 cm³/mol. The van der Waals surface area contributed by atoms with E-state index in [2.05, 4.69) is 15.2 Å². The Morgan fingerprint density at radius 3 is 2.91 bits per heavy atom. The lowest BCUT2D eigenvalue weighted by Gasteiger charge is -2.43. The van der Waals surface area contributed by atoms with Crippen molar-refractivity contribution >= 4 is 11.8 Å². The summed E-state index contributed by atoms with van der Waals surface area (Å²) in [6.45, 7) is 4.62. The molecule has 2 amide bonds. The van der Waals surface area contributed by atoms with Gasteiger partial charge in [-0.3, -0.25) is 24.4 Å². The van der Waals surface area contributed by atoms with Crippen molar-refractivity contribution in [1.29, 1.82) is 0 Å². The summed E-state index contributed by atoms with van der Waals surface area (Å²) in [4.78, 5) is 34.4. The zero-order chi connectivity index (χ0) is 16.2. The van der Waals surface area contributed by atoms with E-state index in [9.17, 15) is 9.59 Å². The largest absolute Gasteiger partial charge is 0.353 e.